The molecular formula is C19H22N4O3S3. The maximum absolute atomic E-state index is 12.6. The van der Waals surface area contributed by atoms with Crippen LogP contribution >= 0.6 is 22.7 Å². The molecule has 7 nitrogen and oxygen atoms in total. The number of aryl methyl sites for hydroxylation is 2. The number of fused-ring (bicyclic) bond motifs is 1. The van der Waals surface area contributed by atoms with Crippen LogP contribution in [0.15, 0.2) is 32.2 Å². The number of aromatic nitrogens is 2. The number of sulfonamides is 1. The van der Waals surface area contributed by atoms with Crippen LogP contribution in [-0.4, -0.2) is 54.0 Å². The maximum Gasteiger partial charge on any atom is 0.257 e. The highest BCUT2D eigenvalue weighted by Crippen LogP contribution is 2.35. The molecule has 1 aliphatic heterocycles. The number of hydrogen-bond acceptors (Lipinski definition) is 8. The number of thiophene rings is 2. The largest absolute Gasteiger partial charge is 0.419 e. The molecule has 2 aliphatic rings. The highest BCUT2D eigenvalue weighted by Gasteiger charge is 2.29. The molecule has 10 heteroatoms. The molecule has 1 saturated heterocycles. The third kappa shape index (κ3) is 3.91. The molecule has 1 fully saturated rings. The predicted octanol–water partition coefficient (Wildman–Crippen LogP) is 3.24. The van der Waals surface area contributed by atoms with E-state index in [0.717, 1.165) is 17.7 Å². The van der Waals surface area contributed by atoms with Crippen LogP contribution in [0.4, 0.5) is 0 Å². The second-order valence-electron chi connectivity index (χ2n) is 7.38. The summed E-state index contributed by atoms with van der Waals surface area (Å²) in [6, 6.07) is 5.63. The molecule has 0 N–H and O–H groups in total. The summed E-state index contributed by atoms with van der Waals surface area (Å²) in [6.45, 7) is 2.79. The Morgan fingerprint density at radius 1 is 1.10 bits per heavy atom. The minimum Gasteiger partial charge on any atom is -0.419 e. The van der Waals surface area contributed by atoms with Gasteiger partial charge in [0.15, 0.2) is 0 Å². The lowest BCUT2D eigenvalue weighted by atomic mass is 9.99. The van der Waals surface area contributed by atoms with E-state index in [2.05, 4.69) is 21.2 Å². The molecule has 0 unspecified atom stereocenters. The van der Waals surface area contributed by atoms with E-state index in [1.54, 1.807) is 33.2 Å². The van der Waals surface area contributed by atoms with Crippen molar-refractivity contribution in [2.45, 2.75) is 36.4 Å². The van der Waals surface area contributed by atoms with Gasteiger partial charge in [-0.2, -0.15) is 4.31 Å². The molecular weight excluding hydrogens is 428 g/mol. The molecule has 0 aromatic carbocycles. The molecule has 5 rings (SSSR count). The molecule has 0 atom stereocenters. The molecule has 3 aromatic heterocycles. The van der Waals surface area contributed by atoms with Crippen LogP contribution in [0.1, 0.15) is 29.2 Å². The van der Waals surface area contributed by atoms with E-state index in [4.69, 9.17) is 4.42 Å². The van der Waals surface area contributed by atoms with Crippen molar-refractivity contribution in [1.82, 2.24) is 19.4 Å². The Morgan fingerprint density at radius 2 is 1.93 bits per heavy atom. The summed E-state index contributed by atoms with van der Waals surface area (Å²) < 4.78 is 33.2. The summed E-state index contributed by atoms with van der Waals surface area (Å²) >= 11 is 3.03. The average molecular weight is 451 g/mol. The quantitative estimate of drug-likeness (QED) is 0.594. The Bertz CT molecular complexity index is 1060. The Kier molecular flexibility index (Phi) is 5.29. The van der Waals surface area contributed by atoms with Crippen molar-refractivity contribution in [3.8, 4) is 10.8 Å². The summed E-state index contributed by atoms with van der Waals surface area (Å²) in [6.07, 6.45) is 4.81. The summed E-state index contributed by atoms with van der Waals surface area (Å²) in [5.74, 6) is 1.18. The first kappa shape index (κ1) is 19.4. The van der Waals surface area contributed by atoms with E-state index in [0.29, 0.717) is 48.7 Å². The first-order chi connectivity index (χ1) is 14.1. The van der Waals surface area contributed by atoms with Crippen LogP contribution in [0.3, 0.4) is 0 Å². The van der Waals surface area contributed by atoms with Crippen LogP contribution in [0, 0.1) is 0 Å². The minimum atomic E-state index is -3.37. The van der Waals surface area contributed by atoms with Crippen molar-refractivity contribution in [3.63, 3.8) is 0 Å². The van der Waals surface area contributed by atoms with Gasteiger partial charge in [-0.1, -0.05) is 6.07 Å². The predicted molar refractivity (Wildman–Crippen MR) is 113 cm³/mol. The highest BCUT2D eigenvalue weighted by atomic mass is 32.2. The second-order valence-corrected chi connectivity index (χ2v) is 11.6. The summed E-state index contributed by atoms with van der Waals surface area (Å²) in [5, 5.41) is 10.3. The first-order valence-electron chi connectivity index (χ1n) is 9.80. The Hall–Kier alpha value is -1.59. The normalized spacial score (nSPS) is 18.8. The molecule has 0 radical (unpaired) electrons. The fourth-order valence-electron chi connectivity index (χ4n) is 3.87. The lowest BCUT2D eigenvalue weighted by molar-refractivity contribution is 0.169. The van der Waals surface area contributed by atoms with Gasteiger partial charge in [0, 0.05) is 31.1 Å². The Labute approximate surface area is 178 Å². The van der Waals surface area contributed by atoms with Gasteiger partial charge in [-0.15, -0.1) is 32.9 Å². The fourth-order valence-corrected chi connectivity index (χ4v) is 7.61. The molecule has 4 heterocycles. The zero-order chi connectivity index (χ0) is 19.8. The van der Waals surface area contributed by atoms with Crippen LogP contribution in [0.25, 0.3) is 10.8 Å². The lowest BCUT2D eigenvalue weighted by Crippen LogP contribution is -2.48. The lowest BCUT2D eigenvalue weighted by Gasteiger charge is -2.32. The SMILES string of the molecule is O=S(=O)(c1cccs1)N1CCN(Cc2nnc(-c3cc4c(s3)CCCC4)o2)CC1. The van der Waals surface area contributed by atoms with E-state index in [-0.39, 0.29) is 0 Å². The standard InChI is InChI=1S/C19H22N4O3S3/c24-29(25,18-6-3-11-27-18)23-9-7-22(8-10-23)13-17-20-21-19(26-17)16-12-14-4-1-2-5-15(14)28-16/h3,6,11-12H,1-2,4-5,7-10,13H2. The second kappa shape index (κ2) is 7.92. The van der Waals surface area contributed by atoms with E-state index in [9.17, 15) is 8.42 Å². The summed E-state index contributed by atoms with van der Waals surface area (Å²) in [7, 11) is -3.37. The molecule has 0 saturated carbocycles. The van der Waals surface area contributed by atoms with Gasteiger partial charge in [0.1, 0.15) is 4.21 Å². The Balaban J connectivity index is 1.21. The van der Waals surface area contributed by atoms with Gasteiger partial charge in [0.05, 0.1) is 11.4 Å². The smallest absolute Gasteiger partial charge is 0.257 e. The number of nitrogens with zero attached hydrogens (tertiary/aromatic N) is 4. The summed E-state index contributed by atoms with van der Waals surface area (Å²) in [4.78, 5) is 4.67. The third-order valence-electron chi connectivity index (χ3n) is 5.45. The zero-order valence-corrected chi connectivity index (χ0v) is 18.4. The Morgan fingerprint density at radius 3 is 2.69 bits per heavy atom. The van der Waals surface area contributed by atoms with Gasteiger partial charge in [0.25, 0.3) is 15.9 Å². The van der Waals surface area contributed by atoms with Crippen molar-refractivity contribution in [2.75, 3.05) is 26.2 Å². The number of rotatable bonds is 5. The molecule has 1 aliphatic carbocycles. The monoisotopic (exact) mass is 450 g/mol. The topological polar surface area (TPSA) is 79.5 Å². The van der Waals surface area contributed by atoms with Crippen LogP contribution in [0.2, 0.25) is 0 Å². The summed E-state index contributed by atoms with van der Waals surface area (Å²) in [5.41, 5.74) is 1.43. The molecule has 154 valence electrons. The molecule has 3 aromatic rings. The van der Waals surface area contributed by atoms with E-state index in [1.165, 1.54) is 34.6 Å². The van der Waals surface area contributed by atoms with Crippen molar-refractivity contribution in [1.29, 1.82) is 0 Å². The average Bonchev–Trinajstić information content (AvgIpc) is 3.48. The van der Waals surface area contributed by atoms with Crippen LogP contribution in [0.5, 0.6) is 0 Å². The van der Waals surface area contributed by atoms with E-state index < -0.39 is 10.0 Å². The number of piperazine rings is 1. The van der Waals surface area contributed by atoms with Gasteiger partial charge in [-0.05, 0) is 48.8 Å². The minimum absolute atomic E-state index is 0.408. The molecule has 0 bridgehead atoms. The third-order valence-corrected chi connectivity index (χ3v) is 9.95. The van der Waals surface area contributed by atoms with Gasteiger partial charge < -0.3 is 4.42 Å². The maximum atomic E-state index is 12.6. The van der Waals surface area contributed by atoms with Crippen molar-refractivity contribution in [2.24, 2.45) is 0 Å². The van der Waals surface area contributed by atoms with Crippen molar-refractivity contribution >= 4 is 32.7 Å². The fraction of sp³-hybridized carbons (Fsp3) is 0.474. The molecule has 29 heavy (non-hydrogen) atoms. The van der Waals surface area contributed by atoms with Gasteiger partial charge in [-0.3, -0.25) is 4.90 Å². The molecule has 0 amide bonds. The highest BCUT2D eigenvalue weighted by molar-refractivity contribution is 7.91. The van der Waals surface area contributed by atoms with Gasteiger partial charge in [0.2, 0.25) is 5.89 Å². The van der Waals surface area contributed by atoms with Crippen molar-refractivity contribution < 1.29 is 12.8 Å². The zero-order valence-electron chi connectivity index (χ0n) is 15.9. The van der Waals surface area contributed by atoms with Crippen LogP contribution in [-0.2, 0) is 29.4 Å². The van der Waals surface area contributed by atoms with Gasteiger partial charge in [-0.25, -0.2) is 8.42 Å². The number of hydrogen-bond donors (Lipinski definition) is 0. The van der Waals surface area contributed by atoms with Crippen molar-refractivity contribution in [3.05, 3.63) is 39.9 Å². The van der Waals surface area contributed by atoms with Crippen LogP contribution < -0.4 is 0 Å². The van der Waals surface area contributed by atoms with E-state index in [1.807, 2.05) is 0 Å². The van der Waals surface area contributed by atoms with E-state index >= 15 is 0 Å². The first-order valence-corrected chi connectivity index (χ1v) is 12.9. The molecule has 0 spiro atoms. The van der Waals surface area contributed by atoms with Gasteiger partial charge >= 0.3 is 0 Å².